The minimum Gasteiger partial charge on any atom is -0.228 e. The number of halogens is 4. The van der Waals surface area contributed by atoms with Gasteiger partial charge in [0.15, 0.2) is 5.65 Å². The van der Waals surface area contributed by atoms with Crippen molar-refractivity contribution in [2.45, 2.75) is 20.0 Å². The van der Waals surface area contributed by atoms with Gasteiger partial charge in [-0.3, -0.25) is 0 Å². The molecule has 0 fully saturated rings. The monoisotopic (exact) mass is 385 g/mol. The highest BCUT2D eigenvalue weighted by molar-refractivity contribution is 5.84. The van der Waals surface area contributed by atoms with Crippen LogP contribution in [-0.2, 0) is 6.18 Å². The Hall–Kier alpha value is -3.22. The highest BCUT2D eigenvalue weighted by Crippen LogP contribution is 2.37. The number of pyridine rings is 1. The molecule has 3 nitrogen and oxygen atoms in total. The van der Waals surface area contributed by atoms with Gasteiger partial charge in [-0.15, -0.1) is 0 Å². The van der Waals surface area contributed by atoms with Gasteiger partial charge in [-0.25, -0.2) is 14.1 Å². The molecular weight excluding hydrogens is 370 g/mol. The second kappa shape index (κ2) is 6.44. The summed E-state index contributed by atoms with van der Waals surface area (Å²) in [7, 11) is 0. The number of alkyl halides is 3. The average molecular weight is 385 g/mol. The number of aryl methyl sites for hydroxylation is 2. The predicted molar refractivity (Wildman–Crippen MR) is 98.7 cm³/mol. The van der Waals surface area contributed by atoms with E-state index in [1.807, 2.05) is 19.9 Å². The lowest BCUT2D eigenvalue weighted by Gasteiger charge is -2.12. The molecule has 0 atom stereocenters. The van der Waals surface area contributed by atoms with Crippen molar-refractivity contribution in [3.05, 3.63) is 77.2 Å². The molecule has 0 aliphatic heterocycles. The van der Waals surface area contributed by atoms with Gasteiger partial charge in [0, 0.05) is 5.56 Å². The summed E-state index contributed by atoms with van der Waals surface area (Å²) in [5.74, 6) is -0.598. The molecule has 0 aliphatic rings. The molecule has 2 aromatic carbocycles. The van der Waals surface area contributed by atoms with Crippen molar-refractivity contribution in [2.24, 2.45) is 0 Å². The Morgan fingerprint density at radius 3 is 2.36 bits per heavy atom. The van der Waals surface area contributed by atoms with E-state index in [1.54, 1.807) is 18.2 Å². The lowest BCUT2D eigenvalue weighted by Crippen LogP contribution is -2.08. The Labute approximate surface area is 158 Å². The average Bonchev–Trinajstić information content (AvgIpc) is 3.06. The van der Waals surface area contributed by atoms with Gasteiger partial charge in [0.2, 0.25) is 0 Å². The summed E-state index contributed by atoms with van der Waals surface area (Å²) in [5.41, 5.74) is 1.81. The van der Waals surface area contributed by atoms with Crippen molar-refractivity contribution < 1.29 is 17.6 Å². The molecular formula is C21H15F4N3. The second-order valence-electron chi connectivity index (χ2n) is 6.60. The fourth-order valence-electron chi connectivity index (χ4n) is 3.08. The van der Waals surface area contributed by atoms with Gasteiger partial charge < -0.3 is 0 Å². The number of fused-ring (bicyclic) bond motifs is 1. The standard InChI is InChI=1S/C21H15F4N3/c1-12-7-8-14(9-13(12)2)18-10-16(21(23,24)25)15-11-26-28(20(15)27-18)19-6-4-3-5-17(19)22/h3-11H,1-2H3. The maximum Gasteiger partial charge on any atom is 0.417 e. The van der Waals surface area contributed by atoms with Gasteiger partial charge in [-0.05, 0) is 49.2 Å². The number of aromatic nitrogens is 3. The molecule has 0 aliphatic carbocycles. The maximum atomic E-state index is 14.2. The number of benzene rings is 2. The quantitative estimate of drug-likeness (QED) is 0.405. The molecule has 2 aromatic heterocycles. The van der Waals surface area contributed by atoms with E-state index in [9.17, 15) is 17.6 Å². The topological polar surface area (TPSA) is 30.7 Å². The van der Waals surface area contributed by atoms with Gasteiger partial charge in [0.05, 0.1) is 22.8 Å². The van der Waals surface area contributed by atoms with Crippen molar-refractivity contribution in [3.63, 3.8) is 0 Å². The van der Waals surface area contributed by atoms with Gasteiger partial charge in [0.25, 0.3) is 0 Å². The first-order valence-corrected chi connectivity index (χ1v) is 8.54. The number of nitrogens with zero attached hydrogens (tertiary/aromatic N) is 3. The van der Waals surface area contributed by atoms with E-state index < -0.39 is 17.6 Å². The van der Waals surface area contributed by atoms with Crippen LogP contribution < -0.4 is 0 Å². The van der Waals surface area contributed by atoms with E-state index in [4.69, 9.17) is 0 Å². The smallest absolute Gasteiger partial charge is 0.228 e. The van der Waals surface area contributed by atoms with Crippen LogP contribution in [0.1, 0.15) is 16.7 Å². The third-order valence-electron chi connectivity index (χ3n) is 4.73. The van der Waals surface area contributed by atoms with E-state index in [0.29, 0.717) is 5.56 Å². The Kier molecular flexibility index (Phi) is 4.18. The molecule has 4 aromatic rings. The molecule has 28 heavy (non-hydrogen) atoms. The Morgan fingerprint density at radius 1 is 0.929 bits per heavy atom. The van der Waals surface area contributed by atoms with Crippen molar-refractivity contribution in [1.29, 1.82) is 0 Å². The number of hydrogen-bond acceptors (Lipinski definition) is 2. The van der Waals surface area contributed by atoms with Crippen LogP contribution in [0.5, 0.6) is 0 Å². The molecule has 7 heteroatoms. The minimum absolute atomic E-state index is 0.0374. The van der Waals surface area contributed by atoms with Crippen LogP contribution in [0.3, 0.4) is 0 Å². The van der Waals surface area contributed by atoms with Crippen LogP contribution in [-0.4, -0.2) is 14.8 Å². The largest absolute Gasteiger partial charge is 0.417 e. The second-order valence-corrected chi connectivity index (χ2v) is 6.60. The first-order valence-electron chi connectivity index (χ1n) is 8.54. The fourth-order valence-corrected chi connectivity index (χ4v) is 3.08. The summed E-state index contributed by atoms with van der Waals surface area (Å²) in [5, 5.41) is 3.80. The zero-order chi connectivity index (χ0) is 20.1. The molecule has 2 heterocycles. The highest BCUT2D eigenvalue weighted by Gasteiger charge is 2.35. The van der Waals surface area contributed by atoms with Crippen LogP contribution in [0.4, 0.5) is 17.6 Å². The third kappa shape index (κ3) is 3.02. The van der Waals surface area contributed by atoms with Crippen LogP contribution in [0.25, 0.3) is 28.0 Å². The Bertz CT molecular complexity index is 1190. The van der Waals surface area contributed by atoms with E-state index in [-0.39, 0.29) is 22.4 Å². The zero-order valence-electron chi connectivity index (χ0n) is 15.0. The SMILES string of the molecule is Cc1ccc(-c2cc(C(F)(F)F)c3cnn(-c4ccccc4F)c3n2)cc1C. The van der Waals surface area contributed by atoms with Gasteiger partial charge >= 0.3 is 6.18 Å². The van der Waals surface area contributed by atoms with Crippen molar-refractivity contribution in [2.75, 3.05) is 0 Å². The molecule has 0 saturated heterocycles. The maximum absolute atomic E-state index is 14.2. The zero-order valence-corrected chi connectivity index (χ0v) is 15.0. The number of para-hydroxylation sites is 1. The van der Waals surface area contributed by atoms with Crippen molar-refractivity contribution in [1.82, 2.24) is 14.8 Å². The number of hydrogen-bond donors (Lipinski definition) is 0. The predicted octanol–water partition coefficient (Wildman–Crippen LogP) is 5.86. The molecule has 4 rings (SSSR count). The molecule has 0 spiro atoms. The first-order chi connectivity index (χ1) is 13.3. The van der Waals surface area contributed by atoms with E-state index in [0.717, 1.165) is 28.1 Å². The first kappa shape index (κ1) is 18.2. The normalized spacial score (nSPS) is 11.9. The van der Waals surface area contributed by atoms with E-state index in [2.05, 4.69) is 10.1 Å². The lowest BCUT2D eigenvalue weighted by molar-refractivity contribution is -0.136. The van der Waals surface area contributed by atoms with Gasteiger partial charge in [-0.1, -0.05) is 24.3 Å². The summed E-state index contributed by atoms with van der Waals surface area (Å²) in [6.45, 7) is 3.80. The van der Waals surface area contributed by atoms with Gasteiger partial charge in [-0.2, -0.15) is 18.3 Å². The summed E-state index contributed by atoms with van der Waals surface area (Å²) in [6.07, 6.45) is -3.53. The Morgan fingerprint density at radius 2 is 1.68 bits per heavy atom. The van der Waals surface area contributed by atoms with E-state index in [1.165, 1.54) is 18.2 Å². The summed E-state index contributed by atoms with van der Waals surface area (Å²) in [4.78, 5) is 4.40. The van der Waals surface area contributed by atoms with Crippen molar-refractivity contribution in [3.8, 4) is 16.9 Å². The molecule has 0 amide bonds. The Balaban J connectivity index is 2.03. The van der Waals surface area contributed by atoms with Crippen LogP contribution in [0, 0.1) is 19.7 Å². The van der Waals surface area contributed by atoms with E-state index >= 15 is 0 Å². The van der Waals surface area contributed by atoms with Crippen LogP contribution >= 0.6 is 0 Å². The minimum atomic E-state index is -4.60. The van der Waals surface area contributed by atoms with Gasteiger partial charge in [0.1, 0.15) is 11.5 Å². The molecule has 0 N–H and O–H groups in total. The summed E-state index contributed by atoms with van der Waals surface area (Å²) in [6, 6.07) is 12.1. The van der Waals surface area contributed by atoms with Crippen LogP contribution in [0.2, 0.25) is 0 Å². The molecule has 0 bridgehead atoms. The van der Waals surface area contributed by atoms with Crippen molar-refractivity contribution >= 4 is 11.0 Å². The molecule has 142 valence electrons. The summed E-state index contributed by atoms with van der Waals surface area (Å²) < 4.78 is 56.5. The van der Waals surface area contributed by atoms with Crippen LogP contribution in [0.15, 0.2) is 54.7 Å². The molecule has 0 saturated carbocycles. The third-order valence-corrected chi connectivity index (χ3v) is 4.73. The lowest BCUT2D eigenvalue weighted by atomic mass is 10.0. The number of rotatable bonds is 2. The fraction of sp³-hybridized carbons (Fsp3) is 0.143. The molecule has 0 radical (unpaired) electrons. The summed E-state index contributed by atoms with van der Waals surface area (Å²) >= 11 is 0. The molecule has 0 unspecified atom stereocenters. The highest BCUT2D eigenvalue weighted by atomic mass is 19.4.